The predicted molar refractivity (Wildman–Crippen MR) is 160 cm³/mol. The standard InChI is InChI=1S/C34H36O15/c1-18(35)44-17-33-25(47-29(38)21-7-10-42-15-21)12-23-26(45-19(2)36)34(33,49-31(23,3)4)32(5,40)13-24(46-28(37)20-6-9-41-14-20)27(33)48-30(39)22-8-11-43-16-22/h6-11,14-16,23-27,40H,12-13,17H2,1-5H3/t23-,24?,25+,26?,27?,32+,33?,34+/m1/s1. The summed E-state index contributed by atoms with van der Waals surface area (Å²) < 4.78 is 52.1. The van der Waals surface area contributed by atoms with Crippen LogP contribution in [0.4, 0.5) is 0 Å². The van der Waals surface area contributed by atoms with Crippen molar-refractivity contribution in [3.63, 3.8) is 0 Å². The minimum atomic E-state index is -2.12. The van der Waals surface area contributed by atoms with Crippen molar-refractivity contribution in [1.82, 2.24) is 0 Å². The lowest BCUT2D eigenvalue weighted by Crippen LogP contribution is -2.83. The highest BCUT2D eigenvalue weighted by atomic mass is 16.6. The fourth-order valence-corrected chi connectivity index (χ4v) is 7.95. The Hall–Kier alpha value is -4.89. The van der Waals surface area contributed by atoms with Gasteiger partial charge in [-0.15, -0.1) is 0 Å². The second kappa shape index (κ2) is 12.2. The zero-order chi connectivity index (χ0) is 35.4. The van der Waals surface area contributed by atoms with Crippen LogP contribution in [0.5, 0.6) is 0 Å². The normalized spacial score (nSPS) is 32.7. The van der Waals surface area contributed by atoms with E-state index < -0.39 is 95.4 Å². The van der Waals surface area contributed by atoms with Crippen LogP contribution in [0.1, 0.15) is 78.5 Å². The quantitative estimate of drug-likeness (QED) is 0.253. The first kappa shape index (κ1) is 34.0. The highest BCUT2D eigenvalue weighted by Gasteiger charge is 2.86. The molecular weight excluding hydrogens is 648 g/mol. The molecule has 4 heterocycles. The highest BCUT2D eigenvalue weighted by molar-refractivity contribution is 5.90. The molecule has 3 aromatic heterocycles. The van der Waals surface area contributed by atoms with Gasteiger partial charge in [-0.1, -0.05) is 0 Å². The van der Waals surface area contributed by atoms with E-state index in [-0.39, 0.29) is 23.1 Å². The predicted octanol–water partition coefficient (Wildman–Crippen LogP) is 3.65. The molecule has 4 unspecified atom stereocenters. The molecule has 1 N–H and O–H groups in total. The van der Waals surface area contributed by atoms with E-state index >= 15 is 0 Å². The third-order valence-corrected chi connectivity index (χ3v) is 9.88. The molecule has 15 heteroatoms. The minimum absolute atomic E-state index is 0.0107. The Kier molecular flexibility index (Phi) is 8.47. The van der Waals surface area contributed by atoms with E-state index in [1.165, 1.54) is 57.1 Å². The summed E-state index contributed by atoms with van der Waals surface area (Å²) in [6.07, 6.45) is 0.838. The number of carbonyl (C=O) groups excluding carboxylic acids is 5. The SMILES string of the molecule is CC(=O)OCC12C(OC(=O)c3ccoc3)C(OC(=O)c3ccoc3)C[C@](C)(O)[C@]13OC(C)(C)[C@H](C[C@@H]2OC(=O)c1ccoc1)C3OC(C)=O. The molecule has 2 aliphatic carbocycles. The molecule has 6 rings (SSSR count). The summed E-state index contributed by atoms with van der Waals surface area (Å²) in [5.74, 6) is -4.94. The first-order valence-corrected chi connectivity index (χ1v) is 15.6. The Bertz CT molecular complexity index is 1700. The molecule has 1 spiro atoms. The molecule has 3 aromatic rings. The van der Waals surface area contributed by atoms with Gasteiger partial charge >= 0.3 is 29.8 Å². The number of esters is 5. The maximum Gasteiger partial charge on any atom is 0.341 e. The molecule has 3 fully saturated rings. The molecule has 15 nitrogen and oxygen atoms in total. The lowest BCUT2D eigenvalue weighted by atomic mass is 9.46. The second-order valence-corrected chi connectivity index (χ2v) is 13.3. The third-order valence-electron chi connectivity index (χ3n) is 9.88. The van der Waals surface area contributed by atoms with Crippen LogP contribution in [0.3, 0.4) is 0 Å². The van der Waals surface area contributed by atoms with Crippen LogP contribution < -0.4 is 0 Å². The van der Waals surface area contributed by atoms with Gasteiger partial charge in [0, 0.05) is 26.2 Å². The van der Waals surface area contributed by atoms with Crippen LogP contribution in [0.25, 0.3) is 0 Å². The van der Waals surface area contributed by atoms with Crippen molar-refractivity contribution >= 4 is 29.8 Å². The molecule has 1 saturated heterocycles. The van der Waals surface area contributed by atoms with Gasteiger partial charge in [-0.2, -0.15) is 0 Å². The largest absolute Gasteiger partial charge is 0.472 e. The molecule has 0 aromatic carbocycles. The topological polar surface area (TPSA) is 200 Å². The van der Waals surface area contributed by atoms with E-state index in [9.17, 15) is 29.1 Å². The second-order valence-electron chi connectivity index (χ2n) is 13.3. The van der Waals surface area contributed by atoms with Gasteiger partial charge in [0.15, 0.2) is 11.7 Å². The van der Waals surface area contributed by atoms with Crippen LogP contribution in [-0.2, 0) is 38.0 Å². The lowest BCUT2D eigenvalue weighted by Gasteiger charge is -2.65. The average molecular weight is 685 g/mol. The molecule has 2 saturated carbocycles. The van der Waals surface area contributed by atoms with Gasteiger partial charge in [-0.25, -0.2) is 14.4 Å². The van der Waals surface area contributed by atoms with E-state index in [4.69, 9.17) is 41.7 Å². The third kappa shape index (κ3) is 5.50. The van der Waals surface area contributed by atoms with E-state index in [1.807, 2.05) is 0 Å². The number of fused-ring (bicyclic) bond motifs is 1. The van der Waals surface area contributed by atoms with Crippen molar-refractivity contribution in [2.75, 3.05) is 6.61 Å². The van der Waals surface area contributed by atoms with Gasteiger partial charge in [0.05, 0.1) is 46.7 Å². The number of aliphatic hydroxyl groups is 1. The molecule has 0 radical (unpaired) electrons. The fraction of sp³-hybridized carbons (Fsp3) is 0.500. The summed E-state index contributed by atoms with van der Waals surface area (Å²) in [7, 11) is 0. The van der Waals surface area contributed by atoms with Crippen LogP contribution in [0, 0.1) is 11.3 Å². The Morgan fingerprint density at radius 3 is 1.78 bits per heavy atom. The summed E-state index contributed by atoms with van der Waals surface area (Å²) in [4.78, 5) is 66.3. The van der Waals surface area contributed by atoms with E-state index in [2.05, 4.69) is 0 Å². The highest BCUT2D eigenvalue weighted by Crippen LogP contribution is 2.69. The Morgan fingerprint density at radius 1 is 0.755 bits per heavy atom. The van der Waals surface area contributed by atoms with Gasteiger partial charge in [-0.3, -0.25) is 9.59 Å². The van der Waals surface area contributed by atoms with Crippen molar-refractivity contribution in [2.45, 2.75) is 88.7 Å². The number of ether oxygens (including phenoxy) is 6. The number of hydrogen-bond donors (Lipinski definition) is 1. The fourth-order valence-electron chi connectivity index (χ4n) is 7.95. The summed E-state index contributed by atoms with van der Waals surface area (Å²) in [5, 5.41) is 12.7. The Morgan fingerprint density at radius 2 is 1.29 bits per heavy atom. The summed E-state index contributed by atoms with van der Waals surface area (Å²) in [6, 6.07) is 4.07. The van der Waals surface area contributed by atoms with Crippen molar-refractivity contribution in [3.8, 4) is 0 Å². The van der Waals surface area contributed by atoms with Gasteiger partial charge in [-0.05, 0) is 45.4 Å². The van der Waals surface area contributed by atoms with Gasteiger partial charge < -0.3 is 46.8 Å². The van der Waals surface area contributed by atoms with E-state index in [1.54, 1.807) is 13.8 Å². The van der Waals surface area contributed by atoms with Crippen molar-refractivity contribution < 1.29 is 70.8 Å². The maximum absolute atomic E-state index is 13.8. The summed E-state index contributed by atoms with van der Waals surface area (Å²) in [5.41, 5.74) is -7.50. The number of rotatable bonds is 9. The smallest absolute Gasteiger partial charge is 0.341 e. The molecular formula is C34H36O15. The maximum atomic E-state index is 13.8. The molecule has 8 atom stereocenters. The molecule has 0 amide bonds. The molecule has 3 aliphatic rings. The van der Waals surface area contributed by atoms with Crippen LogP contribution >= 0.6 is 0 Å². The van der Waals surface area contributed by atoms with Crippen molar-refractivity contribution in [3.05, 3.63) is 72.5 Å². The first-order valence-electron chi connectivity index (χ1n) is 15.6. The Labute approximate surface area is 279 Å². The molecule has 49 heavy (non-hydrogen) atoms. The van der Waals surface area contributed by atoms with Gasteiger partial charge in [0.25, 0.3) is 0 Å². The van der Waals surface area contributed by atoms with Gasteiger partial charge in [0.1, 0.15) is 49.1 Å². The van der Waals surface area contributed by atoms with E-state index in [0.29, 0.717) is 0 Å². The minimum Gasteiger partial charge on any atom is -0.472 e. The zero-order valence-electron chi connectivity index (χ0n) is 27.4. The number of carbonyl (C=O) groups is 5. The van der Waals surface area contributed by atoms with Crippen LogP contribution in [0.2, 0.25) is 0 Å². The zero-order valence-corrected chi connectivity index (χ0v) is 27.4. The molecule has 262 valence electrons. The van der Waals surface area contributed by atoms with Crippen LogP contribution in [-0.4, -0.2) is 82.8 Å². The number of hydrogen-bond acceptors (Lipinski definition) is 15. The van der Waals surface area contributed by atoms with Crippen molar-refractivity contribution in [2.24, 2.45) is 11.3 Å². The summed E-state index contributed by atoms with van der Waals surface area (Å²) in [6.45, 7) is 6.42. The summed E-state index contributed by atoms with van der Waals surface area (Å²) >= 11 is 0. The first-order chi connectivity index (χ1) is 23.1. The average Bonchev–Trinajstić information content (AvgIpc) is 3.84. The Balaban J connectivity index is 1.62. The molecule has 1 aliphatic heterocycles. The van der Waals surface area contributed by atoms with Crippen molar-refractivity contribution in [1.29, 1.82) is 0 Å². The lowest BCUT2D eigenvalue weighted by molar-refractivity contribution is -0.353. The van der Waals surface area contributed by atoms with Crippen LogP contribution in [0.15, 0.2) is 69.0 Å². The molecule has 2 bridgehead atoms. The van der Waals surface area contributed by atoms with E-state index in [0.717, 1.165) is 19.5 Å². The monoisotopic (exact) mass is 684 g/mol. The number of furan rings is 3. The van der Waals surface area contributed by atoms with Gasteiger partial charge in [0.2, 0.25) is 0 Å².